The predicted octanol–water partition coefficient (Wildman–Crippen LogP) is 2.82. The van der Waals surface area contributed by atoms with E-state index in [2.05, 4.69) is 6.07 Å². The second kappa shape index (κ2) is 6.96. The van der Waals surface area contributed by atoms with Gasteiger partial charge < -0.3 is 24.2 Å². The number of hydrogen-bond acceptors (Lipinski definition) is 7. The van der Waals surface area contributed by atoms with E-state index in [1.165, 1.54) is 4.57 Å². The smallest absolute Gasteiger partial charge is 0.209 e. The van der Waals surface area contributed by atoms with Crippen molar-refractivity contribution in [3.05, 3.63) is 53.1 Å². The van der Waals surface area contributed by atoms with E-state index >= 15 is 0 Å². The van der Waals surface area contributed by atoms with Gasteiger partial charge >= 0.3 is 0 Å². The van der Waals surface area contributed by atoms with Gasteiger partial charge in [0.1, 0.15) is 11.7 Å². The van der Waals surface area contributed by atoms with Crippen molar-refractivity contribution >= 4 is 29.8 Å². The number of nitriles is 1. The number of aromatic hydroxyl groups is 2. The van der Waals surface area contributed by atoms with Gasteiger partial charge in [0.05, 0.1) is 41.2 Å². The minimum Gasteiger partial charge on any atom is -0.494 e. The van der Waals surface area contributed by atoms with Gasteiger partial charge in [0, 0.05) is 23.6 Å². The molecule has 1 fully saturated rings. The molecule has 0 amide bonds. The van der Waals surface area contributed by atoms with Gasteiger partial charge in [-0.1, -0.05) is 36.2 Å². The molecule has 3 aromatic rings. The van der Waals surface area contributed by atoms with Gasteiger partial charge in [0.25, 0.3) is 0 Å². The first-order valence-electron chi connectivity index (χ1n) is 10.0. The third-order valence-corrected chi connectivity index (χ3v) is 6.36. The summed E-state index contributed by atoms with van der Waals surface area (Å²) >= 11 is 0.891. The number of aliphatic hydroxyl groups excluding tert-OH is 1. The zero-order valence-electron chi connectivity index (χ0n) is 16.8. The SMILES string of the molecule is [3H][B]SOCCC12C[C@H](O)C(O1)c1c2c(O)n(-c2ccc(C#N)c3ccccc23)c1O. The highest BCUT2D eigenvalue weighted by atomic mass is 32.2. The molecular formula is C21H18BN2O5S. The maximum absolute atomic E-state index is 11.2. The summed E-state index contributed by atoms with van der Waals surface area (Å²) in [6.45, 7) is 0.240. The molecule has 3 N–H and O–H groups in total. The van der Waals surface area contributed by atoms with Crippen LogP contribution in [-0.4, -0.2) is 41.0 Å². The summed E-state index contributed by atoms with van der Waals surface area (Å²) < 4.78 is 19.8. The molecule has 9 heteroatoms. The van der Waals surface area contributed by atoms with Crippen LogP contribution in [0.2, 0.25) is 0 Å². The summed E-state index contributed by atoms with van der Waals surface area (Å²) in [6, 6.07) is 12.8. The number of aromatic nitrogens is 1. The summed E-state index contributed by atoms with van der Waals surface area (Å²) in [5, 5.41) is 43.7. The minimum atomic E-state index is -0.989. The fourth-order valence-corrected chi connectivity index (χ4v) is 5.03. The van der Waals surface area contributed by atoms with Crippen molar-refractivity contribution in [3.8, 4) is 23.5 Å². The maximum atomic E-state index is 11.2. The van der Waals surface area contributed by atoms with Gasteiger partial charge in [-0.15, -0.1) is 0 Å². The van der Waals surface area contributed by atoms with Gasteiger partial charge in [0.15, 0.2) is 0 Å². The molecule has 151 valence electrons. The van der Waals surface area contributed by atoms with E-state index in [0.29, 0.717) is 39.6 Å². The van der Waals surface area contributed by atoms with E-state index in [0.717, 1.165) is 19.0 Å². The van der Waals surface area contributed by atoms with E-state index < -0.39 is 17.8 Å². The molecule has 2 aliphatic heterocycles. The molecule has 2 bridgehead atoms. The Morgan fingerprint density at radius 2 is 2.10 bits per heavy atom. The summed E-state index contributed by atoms with van der Waals surface area (Å²) in [6.07, 6.45) is -0.947. The Morgan fingerprint density at radius 3 is 2.87 bits per heavy atom. The average molecular weight is 423 g/mol. The number of hydrogen-bond donors (Lipinski definition) is 3. The molecular weight excluding hydrogens is 403 g/mol. The van der Waals surface area contributed by atoms with Crippen molar-refractivity contribution in [2.75, 3.05) is 6.61 Å². The number of nitrogens with zero attached hydrogens (tertiary/aromatic N) is 2. The third kappa shape index (κ3) is 2.52. The van der Waals surface area contributed by atoms with E-state index in [4.69, 9.17) is 10.3 Å². The molecule has 3 atom stereocenters. The Bertz CT molecular complexity index is 1230. The molecule has 1 aromatic heterocycles. The van der Waals surface area contributed by atoms with Gasteiger partial charge in [-0.05, 0) is 13.5 Å². The largest absolute Gasteiger partial charge is 0.494 e. The number of benzene rings is 2. The first-order chi connectivity index (χ1) is 15.0. The van der Waals surface area contributed by atoms with Crippen LogP contribution in [0.25, 0.3) is 16.5 Å². The third-order valence-electron chi connectivity index (χ3n) is 6.06. The van der Waals surface area contributed by atoms with Gasteiger partial charge in [-0.2, -0.15) is 5.26 Å². The first-order valence-corrected chi connectivity index (χ1v) is 10.3. The number of rotatable bonds is 6. The van der Waals surface area contributed by atoms with Crippen molar-refractivity contribution in [3.63, 3.8) is 0 Å². The molecule has 5 rings (SSSR count). The molecule has 3 heterocycles. The normalized spacial score (nSPS) is 24.6. The van der Waals surface area contributed by atoms with Gasteiger partial charge in [-0.3, -0.25) is 4.57 Å². The Labute approximate surface area is 179 Å². The maximum Gasteiger partial charge on any atom is 0.209 e. The van der Waals surface area contributed by atoms with Crippen molar-refractivity contribution in [2.45, 2.75) is 30.7 Å². The fourth-order valence-electron chi connectivity index (χ4n) is 4.85. The average Bonchev–Trinajstić information content (AvgIpc) is 3.37. The summed E-state index contributed by atoms with van der Waals surface area (Å²) in [5.41, 5.74) is 0.867. The summed E-state index contributed by atoms with van der Waals surface area (Å²) in [7, 11) is 1.07. The molecule has 1 radical (unpaired) electrons. The molecule has 2 aliphatic rings. The highest BCUT2D eigenvalue weighted by Gasteiger charge is 2.59. The van der Waals surface area contributed by atoms with Gasteiger partial charge in [-0.25, -0.2) is 0 Å². The van der Waals surface area contributed by atoms with Crippen molar-refractivity contribution in [1.82, 2.24) is 4.57 Å². The Kier molecular flexibility index (Phi) is 4.21. The first kappa shape index (κ1) is 18.2. The lowest BCUT2D eigenvalue weighted by Gasteiger charge is -2.26. The lowest BCUT2D eigenvalue weighted by atomic mass is 9.81. The van der Waals surface area contributed by atoms with Crippen LogP contribution in [0.15, 0.2) is 36.4 Å². The lowest BCUT2D eigenvalue weighted by molar-refractivity contribution is -0.0445. The Hall–Kier alpha value is -2.64. The van der Waals surface area contributed by atoms with E-state index in [-0.39, 0.29) is 24.8 Å². The standard InChI is InChI=1S/C21H18BN2O5S/c22-30-28-8-7-21-9-15(25)18(29-21)16-17(21)20(27)24(19(16)26)14-6-5-11(10-23)12-3-1-2-4-13(12)14/h1-6,15,18,22,25-27H,7-9H2/t15-,18?,21?/m0/s1/i22T. The Morgan fingerprint density at radius 1 is 1.30 bits per heavy atom. The van der Waals surface area contributed by atoms with Crippen LogP contribution < -0.4 is 0 Å². The molecule has 0 saturated carbocycles. The topological polar surface area (TPSA) is 108 Å². The van der Waals surface area contributed by atoms with E-state index in [1.807, 2.05) is 24.3 Å². The number of ether oxygens (including phenoxy) is 1. The quantitative estimate of drug-likeness (QED) is 0.318. The lowest BCUT2D eigenvalue weighted by Crippen LogP contribution is -2.27. The molecule has 30 heavy (non-hydrogen) atoms. The van der Waals surface area contributed by atoms with Crippen LogP contribution in [0, 0.1) is 11.3 Å². The van der Waals surface area contributed by atoms with Crippen LogP contribution in [0.3, 0.4) is 0 Å². The van der Waals surface area contributed by atoms with Crippen LogP contribution in [0.4, 0.5) is 0 Å². The molecule has 2 aromatic carbocycles. The second-order valence-corrected chi connectivity index (χ2v) is 7.96. The fraction of sp³-hybridized carbons (Fsp3) is 0.286. The zero-order chi connectivity index (χ0) is 21.8. The van der Waals surface area contributed by atoms with E-state index in [9.17, 15) is 20.6 Å². The second-order valence-electron chi connectivity index (χ2n) is 7.53. The van der Waals surface area contributed by atoms with Crippen LogP contribution in [0.5, 0.6) is 11.8 Å². The van der Waals surface area contributed by atoms with E-state index in [1.54, 1.807) is 12.1 Å². The minimum absolute atomic E-state index is 0.156. The molecule has 2 unspecified atom stereocenters. The van der Waals surface area contributed by atoms with Gasteiger partial charge in [0.2, 0.25) is 18.8 Å². The predicted molar refractivity (Wildman–Crippen MR) is 113 cm³/mol. The van der Waals surface area contributed by atoms with Crippen molar-refractivity contribution < 1.29 is 24.2 Å². The summed E-state index contributed by atoms with van der Waals surface area (Å²) in [5.74, 6) is -0.348. The molecule has 1 saturated heterocycles. The highest BCUT2D eigenvalue weighted by molar-refractivity contribution is 8.15. The van der Waals surface area contributed by atoms with Crippen LogP contribution in [-0.2, 0) is 14.5 Å². The number of fused-ring (bicyclic) bond motifs is 6. The van der Waals surface area contributed by atoms with Crippen LogP contribution in [0.1, 0.15) is 35.6 Å². The van der Waals surface area contributed by atoms with Crippen LogP contribution >= 0.6 is 11.9 Å². The highest BCUT2D eigenvalue weighted by Crippen LogP contribution is 2.63. The Balaban J connectivity index is 1.67. The van der Waals surface area contributed by atoms with Crippen molar-refractivity contribution in [1.29, 1.82) is 6.60 Å². The molecule has 0 spiro atoms. The zero-order valence-corrected chi connectivity index (χ0v) is 16.6. The number of aliphatic hydroxyl groups is 1. The monoisotopic (exact) mass is 423 g/mol. The summed E-state index contributed by atoms with van der Waals surface area (Å²) in [4.78, 5) is 0. The van der Waals surface area contributed by atoms with Crippen molar-refractivity contribution in [2.24, 2.45) is 0 Å². The molecule has 0 aliphatic carbocycles. The molecule has 7 nitrogen and oxygen atoms in total.